The van der Waals surface area contributed by atoms with Gasteiger partial charge >= 0.3 is 0 Å². The number of hydrogen-bond donors (Lipinski definition) is 1. The number of rotatable bonds is 3. The molecule has 0 unspecified atom stereocenters. The second kappa shape index (κ2) is 5.52. The first-order valence-corrected chi connectivity index (χ1v) is 8.50. The van der Waals surface area contributed by atoms with E-state index in [1.165, 1.54) is 27.4 Å². The van der Waals surface area contributed by atoms with E-state index in [0.717, 1.165) is 11.4 Å². The maximum atomic E-state index is 5.74. The highest BCUT2D eigenvalue weighted by atomic mass is 32.1. The van der Waals surface area contributed by atoms with Gasteiger partial charge in [0.05, 0.1) is 11.9 Å². The molecule has 3 nitrogen and oxygen atoms in total. The van der Waals surface area contributed by atoms with Gasteiger partial charge in [-0.3, -0.25) is 4.40 Å². The Labute approximate surface area is 135 Å². The molecule has 0 aliphatic rings. The van der Waals surface area contributed by atoms with E-state index in [-0.39, 0.29) is 5.41 Å². The summed E-state index contributed by atoms with van der Waals surface area (Å²) in [6, 6.07) is 8.91. The Morgan fingerprint density at radius 1 is 1.18 bits per heavy atom. The van der Waals surface area contributed by atoms with Gasteiger partial charge in [0, 0.05) is 17.0 Å². The zero-order chi connectivity index (χ0) is 15.9. The van der Waals surface area contributed by atoms with Crippen molar-refractivity contribution in [3.05, 3.63) is 46.6 Å². The van der Waals surface area contributed by atoms with Crippen molar-refractivity contribution in [1.29, 1.82) is 0 Å². The zero-order valence-electron chi connectivity index (χ0n) is 13.7. The van der Waals surface area contributed by atoms with E-state index in [9.17, 15) is 0 Å². The highest BCUT2D eigenvalue weighted by Crippen LogP contribution is 2.33. The maximum Gasteiger partial charge on any atom is 0.194 e. The molecule has 0 aliphatic carbocycles. The normalized spacial score (nSPS) is 12.2. The van der Waals surface area contributed by atoms with Gasteiger partial charge in [0.1, 0.15) is 0 Å². The molecule has 116 valence electrons. The molecule has 0 bridgehead atoms. The number of benzene rings is 1. The predicted octanol–water partition coefficient (Wildman–Crippen LogP) is 4.17. The fourth-order valence-corrected chi connectivity index (χ4v) is 3.79. The quantitative estimate of drug-likeness (QED) is 0.788. The van der Waals surface area contributed by atoms with Crippen LogP contribution in [-0.4, -0.2) is 15.9 Å². The number of aromatic nitrogens is 2. The molecule has 0 aliphatic heterocycles. The molecule has 2 heterocycles. The summed E-state index contributed by atoms with van der Waals surface area (Å²) < 4.78 is 2.26. The minimum absolute atomic E-state index is 0.178. The van der Waals surface area contributed by atoms with Crippen molar-refractivity contribution >= 4 is 16.3 Å². The molecule has 0 atom stereocenters. The van der Waals surface area contributed by atoms with Crippen LogP contribution in [-0.2, 0) is 11.8 Å². The van der Waals surface area contributed by atoms with Gasteiger partial charge in [-0.1, -0.05) is 45.0 Å². The van der Waals surface area contributed by atoms with E-state index in [1.54, 1.807) is 11.3 Å². The minimum atomic E-state index is 0.178. The largest absolute Gasteiger partial charge is 0.330 e. The van der Waals surface area contributed by atoms with Gasteiger partial charge in [0.25, 0.3) is 0 Å². The lowest BCUT2D eigenvalue weighted by atomic mass is 9.86. The average Bonchev–Trinajstić information content (AvgIpc) is 2.97. The van der Waals surface area contributed by atoms with Crippen LogP contribution in [0.3, 0.4) is 0 Å². The van der Waals surface area contributed by atoms with Gasteiger partial charge in [-0.05, 0) is 30.0 Å². The smallest absolute Gasteiger partial charge is 0.194 e. The predicted molar refractivity (Wildman–Crippen MR) is 94.7 cm³/mol. The summed E-state index contributed by atoms with van der Waals surface area (Å²) in [7, 11) is 0. The van der Waals surface area contributed by atoms with Crippen LogP contribution in [0.2, 0.25) is 0 Å². The first-order chi connectivity index (χ1) is 10.4. The Kier molecular flexibility index (Phi) is 3.83. The van der Waals surface area contributed by atoms with Crippen molar-refractivity contribution in [2.75, 3.05) is 6.54 Å². The molecule has 0 amide bonds. The number of nitrogens with two attached hydrogens (primary N) is 1. The molecule has 1 aromatic carbocycles. The van der Waals surface area contributed by atoms with Gasteiger partial charge < -0.3 is 5.73 Å². The molecule has 2 N–H and O–H groups in total. The van der Waals surface area contributed by atoms with E-state index in [4.69, 9.17) is 5.73 Å². The Morgan fingerprint density at radius 2 is 1.86 bits per heavy atom. The summed E-state index contributed by atoms with van der Waals surface area (Å²) in [4.78, 5) is 6.87. The minimum Gasteiger partial charge on any atom is -0.330 e. The number of imidazole rings is 1. The second-order valence-corrected chi connectivity index (χ2v) is 7.92. The Bertz CT molecular complexity index is 788. The number of aryl methyl sites for hydroxylation is 1. The van der Waals surface area contributed by atoms with Crippen LogP contribution >= 0.6 is 11.3 Å². The molecule has 0 saturated heterocycles. The first kappa shape index (κ1) is 15.3. The second-order valence-electron chi connectivity index (χ2n) is 6.74. The Morgan fingerprint density at radius 3 is 2.45 bits per heavy atom. The molecular formula is C18H23N3S. The molecule has 0 spiro atoms. The molecule has 0 saturated carbocycles. The van der Waals surface area contributed by atoms with E-state index < -0.39 is 0 Å². The van der Waals surface area contributed by atoms with E-state index >= 15 is 0 Å². The monoisotopic (exact) mass is 313 g/mol. The fraction of sp³-hybridized carbons (Fsp3) is 0.389. The third-order valence-corrected chi connectivity index (χ3v) is 5.00. The van der Waals surface area contributed by atoms with Gasteiger partial charge in [0.2, 0.25) is 0 Å². The molecule has 2 aromatic heterocycles. The van der Waals surface area contributed by atoms with Crippen LogP contribution in [0.4, 0.5) is 0 Å². The van der Waals surface area contributed by atoms with Gasteiger partial charge in [-0.15, -0.1) is 11.3 Å². The Balaban J connectivity index is 2.13. The SMILES string of the molecule is Cc1sc2ncc(CCN)n2c1-c1ccc(C(C)(C)C)cc1. The summed E-state index contributed by atoms with van der Waals surface area (Å²) in [6.07, 6.45) is 2.80. The van der Waals surface area contributed by atoms with Gasteiger partial charge in [0.15, 0.2) is 4.96 Å². The van der Waals surface area contributed by atoms with Gasteiger partial charge in [-0.25, -0.2) is 4.98 Å². The van der Waals surface area contributed by atoms with E-state index in [0.29, 0.717) is 6.54 Å². The molecule has 3 rings (SSSR count). The van der Waals surface area contributed by atoms with Crippen LogP contribution in [0.25, 0.3) is 16.2 Å². The lowest BCUT2D eigenvalue weighted by molar-refractivity contribution is 0.590. The molecular weight excluding hydrogens is 290 g/mol. The number of thiazole rings is 1. The molecule has 3 aromatic rings. The third kappa shape index (κ3) is 2.57. The zero-order valence-corrected chi connectivity index (χ0v) is 14.5. The lowest BCUT2D eigenvalue weighted by Gasteiger charge is -2.19. The van der Waals surface area contributed by atoms with Crippen LogP contribution in [0, 0.1) is 6.92 Å². The summed E-state index contributed by atoms with van der Waals surface area (Å²) in [5, 5.41) is 0. The number of hydrogen-bond acceptors (Lipinski definition) is 3. The van der Waals surface area contributed by atoms with Crippen LogP contribution < -0.4 is 5.73 Å². The third-order valence-electron chi connectivity index (χ3n) is 4.03. The summed E-state index contributed by atoms with van der Waals surface area (Å²) >= 11 is 1.74. The summed E-state index contributed by atoms with van der Waals surface area (Å²) in [6.45, 7) is 9.53. The van der Waals surface area contributed by atoms with Crippen molar-refractivity contribution < 1.29 is 0 Å². The van der Waals surface area contributed by atoms with Crippen LogP contribution in [0.15, 0.2) is 30.5 Å². The summed E-state index contributed by atoms with van der Waals surface area (Å²) in [5.41, 5.74) is 11.0. The van der Waals surface area contributed by atoms with E-state index in [1.807, 2.05) is 6.20 Å². The molecule has 4 heteroatoms. The van der Waals surface area contributed by atoms with Crippen molar-refractivity contribution in [2.45, 2.75) is 39.5 Å². The fourth-order valence-electron chi connectivity index (χ4n) is 2.81. The molecule has 0 radical (unpaired) electrons. The Hall–Kier alpha value is -1.65. The average molecular weight is 313 g/mol. The van der Waals surface area contributed by atoms with Crippen LogP contribution in [0.5, 0.6) is 0 Å². The first-order valence-electron chi connectivity index (χ1n) is 7.68. The maximum absolute atomic E-state index is 5.74. The molecule has 22 heavy (non-hydrogen) atoms. The standard InChI is InChI=1S/C18H23N3S/c1-12-16(13-5-7-14(8-6-13)18(2,3)4)21-15(9-10-19)11-20-17(21)22-12/h5-8,11H,9-10,19H2,1-4H3. The summed E-state index contributed by atoms with van der Waals surface area (Å²) in [5.74, 6) is 0. The highest BCUT2D eigenvalue weighted by Gasteiger charge is 2.17. The lowest BCUT2D eigenvalue weighted by Crippen LogP contribution is -2.10. The number of nitrogens with zero attached hydrogens (tertiary/aromatic N) is 2. The van der Waals surface area contributed by atoms with Crippen LogP contribution in [0.1, 0.15) is 36.9 Å². The van der Waals surface area contributed by atoms with Crippen molar-refractivity contribution in [1.82, 2.24) is 9.38 Å². The topological polar surface area (TPSA) is 43.3 Å². The van der Waals surface area contributed by atoms with Gasteiger partial charge in [-0.2, -0.15) is 0 Å². The number of fused-ring (bicyclic) bond motifs is 1. The highest BCUT2D eigenvalue weighted by molar-refractivity contribution is 7.17. The van der Waals surface area contributed by atoms with Crippen molar-refractivity contribution in [3.63, 3.8) is 0 Å². The van der Waals surface area contributed by atoms with Crippen molar-refractivity contribution in [2.24, 2.45) is 5.73 Å². The van der Waals surface area contributed by atoms with Crippen molar-refractivity contribution in [3.8, 4) is 11.3 Å². The molecule has 0 fully saturated rings. The van der Waals surface area contributed by atoms with E-state index in [2.05, 4.69) is 61.3 Å².